The summed E-state index contributed by atoms with van der Waals surface area (Å²) in [5, 5.41) is -0.236. The quantitative estimate of drug-likeness (QED) is 0.721. The number of imidazole rings is 1. The van der Waals surface area contributed by atoms with E-state index in [2.05, 4.69) is 4.98 Å². The van der Waals surface area contributed by atoms with Crippen molar-refractivity contribution in [3.05, 3.63) is 11.5 Å². The van der Waals surface area contributed by atoms with Crippen molar-refractivity contribution in [1.29, 1.82) is 0 Å². The number of hydrogen-bond acceptors (Lipinski definition) is 3. The Kier molecular flexibility index (Phi) is 2.65. The Hall–Kier alpha value is -0.260. The van der Waals surface area contributed by atoms with Gasteiger partial charge in [0.05, 0.1) is 6.33 Å². The van der Waals surface area contributed by atoms with Crippen LogP contribution in [0.3, 0.4) is 0 Å². The predicted octanol–water partition coefficient (Wildman–Crippen LogP) is 1.48. The van der Waals surface area contributed by atoms with Crippen LogP contribution in [0.15, 0.2) is 11.4 Å². The Morgan fingerprint density at radius 3 is 2.58 bits per heavy atom. The molecule has 0 spiro atoms. The zero-order valence-electron chi connectivity index (χ0n) is 6.16. The first kappa shape index (κ1) is 9.83. The molecule has 0 saturated carbocycles. The summed E-state index contributed by atoms with van der Waals surface area (Å²) in [5.41, 5.74) is 0. The molecule has 68 valence electrons. The third-order valence-corrected chi connectivity index (χ3v) is 3.04. The van der Waals surface area contributed by atoms with Gasteiger partial charge in [0.25, 0.3) is 9.05 Å². The Labute approximate surface area is 79.5 Å². The normalized spacial score (nSPS) is 11.9. The molecular formula is C5H6Cl2N2O2S. The molecule has 0 aromatic carbocycles. The molecule has 12 heavy (non-hydrogen) atoms. The van der Waals surface area contributed by atoms with Crippen molar-refractivity contribution >= 4 is 31.3 Å². The molecule has 0 saturated heterocycles. The number of aryl methyl sites for hydroxylation is 1. The number of halogens is 2. The van der Waals surface area contributed by atoms with Crippen molar-refractivity contribution < 1.29 is 8.42 Å². The molecule has 0 atom stereocenters. The predicted molar refractivity (Wildman–Crippen MR) is 45.9 cm³/mol. The molecule has 1 rings (SSSR count). The molecule has 0 radical (unpaired) electrons. The maximum atomic E-state index is 10.9. The molecule has 7 heteroatoms. The van der Waals surface area contributed by atoms with Crippen molar-refractivity contribution in [2.45, 2.75) is 18.5 Å². The van der Waals surface area contributed by atoms with Crippen molar-refractivity contribution in [3.8, 4) is 0 Å². The van der Waals surface area contributed by atoms with Crippen molar-refractivity contribution in [3.63, 3.8) is 0 Å². The third kappa shape index (κ3) is 1.73. The fourth-order valence-electron chi connectivity index (χ4n) is 0.812. The summed E-state index contributed by atoms with van der Waals surface area (Å²) in [4.78, 5) is 3.62. The largest absolute Gasteiger partial charge is 0.320 e. The summed E-state index contributed by atoms with van der Waals surface area (Å²) in [7, 11) is 1.32. The molecule has 1 heterocycles. The second-order valence-electron chi connectivity index (χ2n) is 2.06. The minimum Gasteiger partial charge on any atom is -0.320 e. The van der Waals surface area contributed by atoms with Crippen molar-refractivity contribution in [1.82, 2.24) is 9.55 Å². The van der Waals surface area contributed by atoms with Crippen LogP contribution in [0.25, 0.3) is 0 Å². The van der Waals surface area contributed by atoms with E-state index in [4.69, 9.17) is 22.3 Å². The molecule has 4 nitrogen and oxygen atoms in total. The third-order valence-electron chi connectivity index (χ3n) is 1.32. The SMILES string of the molecule is CCn1cnc(Cl)c1S(=O)(=O)Cl. The van der Waals surface area contributed by atoms with Gasteiger partial charge in [-0.3, -0.25) is 0 Å². The number of aromatic nitrogens is 2. The van der Waals surface area contributed by atoms with Crippen LogP contribution >= 0.6 is 22.3 Å². The van der Waals surface area contributed by atoms with E-state index >= 15 is 0 Å². The first-order valence-corrected chi connectivity index (χ1v) is 5.80. The topological polar surface area (TPSA) is 52.0 Å². The highest BCUT2D eigenvalue weighted by atomic mass is 35.7. The highest BCUT2D eigenvalue weighted by Gasteiger charge is 2.20. The first-order valence-electron chi connectivity index (χ1n) is 3.12. The zero-order chi connectivity index (χ0) is 9.35. The molecular weight excluding hydrogens is 223 g/mol. The van der Waals surface area contributed by atoms with E-state index in [9.17, 15) is 8.42 Å². The van der Waals surface area contributed by atoms with Crippen LogP contribution in [0.1, 0.15) is 6.92 Å². The average molecular weight is 229 g/mol. The van der Waals surface area contributed by atoms with Gasteiger partial charge >= 0.3 is 0 Å². The van der Waals surface area contributed by atoms with E-state index in [1.165, 1.54) is 10.9 Å². The van der Waals surface area contributed by atoms with E-state index in [-0.39, 0.29) is 10.2 Å². The van der Waals surface area contributed by atoms with E-state index in [1.807, 2.05) is 0 Å². The fraction of sp³-hybridized carbons (Fsp3) is 0.400. The summed E-state index contributed by atoms with van der Waals surface area (Å²) in [6, 6.07) is 0. The van der Waals surface area contributed by atoms with E-state index in [1.54, 1.807) is 6.92 Å². The van der Waals surface area contributed by atoms with Crippen LogP contribution < -0.4 is 0 Å². The molecule has 1 aromatic heterocycles. The summed E-state index contributed by atoms with van der Waals surface area (Å²) >= 11 is 5.51. The standard InChI is InChI=1S/C5H6Cl2N2O2S/c1-2-9-3-8-4(6)5(9)12(7,10)11/h3H,2H2,1H3. The summed E-state index contributed by atoms with van der Waals surface area (Å²) < 4.78 is 23.2. The Balaban J connectivity index is 3.39. The lowest BCUT2D eigenvalue weighted by Crippen LogP contribution is -2.02. The van der Waals surface area contributed by atoms with Gasteiger partial charge < -0.3 is 4.57 Å². The van der Waals surface area contributed by atoms with Crippen molar-refractivity contribution in [2.24, 2.45) is 0 Å². The molecule has 0 fully saturated rings. The first-order chi connectivity index (χ1) is 5.46. The van der Waals surface area contributed by atoms with E-state index < -0.39 is 9.05 Å². The van der Waals surface area contributed by atoms with Crippen LogP contribution in [0.4, 0.5) is 0 Å². The molecule has 0 aliphatic rings. The number of nitrogens with zero attached hydrogens (tertiary/aromatic N) is 2. The highest BCUT2D eigenvalue weighted by molar-refractivity contribution is 8.13. The average Bonchev–Trinajstić information content (AvgIpc) is 2.29. The second-order valence-corrected chi connectivity index (χ2v) is 4.90. The zero-order valence-corrected chi connectivity index (χ0v) is 8.49. The lowest BCUT2D eigenvalue weighted by Gasteiger charge is -1.99. The van der Waals surface area contributed by atoms with Crippen LogP contribution in [0.2, 0.25) is 5.15 Å². The lowest BCUT2D eigenvalue weighted by atomic mass is 10.7. The molecule has 1 aromatic rings. The van der Waals surface area contributed by atoms with E-state index in [0.717, 1.165) is 0 Å². The molecule has 0 amide bonds. The highest BCUT2D eigenvalue weighted by Crippen LogP contribution is 2.22. The number of hydrogen-bond donors (Lipinski definition) is 0. The Bertz CT molecular complexity index is 384. The summed E-state index contributed by atoms with van der Waals surface area (Å²) in [5.74, 6) is 0. The van der Waals surface area contributed by atoms with Gasteiger partial charge in [-0.2, -0.15) is 0 Å². The van der Waals surface area contributed by atoms with Gasteiger partial charge in [-0.15, -0.1) is 0 Å². The minimum atomic E-state index is -3.79. The summed E-state index contributed by atoms with van der Waals surface area (Å²) in [6.45, 7) is 2.23. The maximum absolute atomic E-state index is 10.9. The van der Waals surface area contributed by atoms with Crippen LogP contribution in [-0.2, 0) is 15.6 Å². The van der Waals surface area contributed by atoms with Crippen molar-refractivity contribution in [2.75, 3.05) is 0 Å². The summed E-state index contributed by atoms with van der Waals surface area (Å²) in [6.07, 6.45) is 1.33. The van der Waals surface area contributed by atoms with Gasteiger partial charge in [-0.05, 0) is 6.92 Å². The van der Waals surface area contributed by atoms with Gasteiger partial charge in [0.2, 0.25) is 0 Å². The minimum absolute atomic E-state index is 0.0909. The van der Waals surface area contributed by atoms with Crippen LogP contribution in [-0.4, -0.2) is 18.0 Å². The van der Waals surface area contributed by atoms with Gasteiger partial charge in [0.1, 0.15) is 0 Å². The monoisotopic (exact) mass is 228 g/mol. The second kappa shape index (κ2) is 3.24. The Morgan fingerprint density at radius 2 is 2.25 bits per heavy atom. The van der Waals surface area contributed by atoms with Crippen LogP contribution in [0, 0.1) is 0 Å². The molecule has 0 N–H and O–H groups in total. The molecule has 0 unspecified atom stereocenters. The Morgan fingerprint density at radius 1 is 1.67 bits per heavy atom. The van der Waals surface area contributed by atoms with Gasteiger partial charge in [-0.25, -0.2) is 13.4 Å². The maximum Gasteiger partial charge on any atom is 0.280 e. The number of rotatable bonds is 2. The van der Waals surface area contributed by atoms with E-state index in [0.29, 0.717) is 6.54 Å². The fourth-order valence-corrected chi connectivity index (χ4v) is 2.58. The molecule has 0 bridgehead atoms. The molecule has 0 aliphatic heterocycles. The lowest BCUT2D eigenvalue weighted by molar-refractivity contribution is 0.591. The molecule has 0 aliphatic carbocycles. The van der Waals surface area contributed by atoms with Crippen LogP contribution in [0.5, 0.6) is 0 Å². The van der Waals surface area contributed by atoms with Gasteiger partial charge in [-0.1, -0.05) is 11.6 Å². The van der Waals surface area contributed by atoms with Gasteiger partial charge in [0, 0.05) is 17.2 Å². The van der Waals surface area contributed by atoms with Gasteiger partial charge in [0.15, 0.2) is 10.2 Å². The smallest absolute Gasteiger partial charge is 0.280 e.